The number of aromatic hydroxyl groups is 1. The zero-order valence-corrected chi connectivity index (χ0v) is 12.5. The summed E-state index contributed by atoms with van der Waals surface area (Å²) in [6.45, 7) is 4.62. The second-order valence-corrected chi connectivity index (χ2v) is 5.33. The van der Waals surface area contributed by atoms with Gasteiger partial charge >= 0.3 is 0 Å². The number of aliphatic imine (C=N–C) groups is 1. The molecule has 0 saturated carbocycles. The Hall–Kier alpha value is -2.63. The quantitative estimate of drug-likeness (QED) is 0.788. The Morgan fingerprint density at radius 2 is 2.14 bits per heavy atom. The molecule has 0 spiro atoms. The van der Waals surface area contributed by atoms with Crippen LogP contribution in [0.1, 0.15) is 22.4 Å². The van der Waals surface area contributed by atoms with Crippen molar-refractivity contribution >= 4 is 5.96 Å². The highest BCUT2D eigenvalue weighted by atomic mass is 16.3. The van der Waals surface area contributed by atoms with Gasteiger partial charge in [0.2, 0.25) is 5.88 Å². The molecule has 2 heterocycles. The van der Waals surface area contributed by atoms with Gasteiger partial charge in [0.1, 0.15) is 0 Å². The molecule has 6 nitrogen and oxygen atoms in total. The van der Waals surface area contributed by atoms with Gasteiger partial charge in [-0.3, -0.25) is 4.99 Å². The second kappa shape index (κ2) is 6.43. The first kappa shape index (κ1) is 14.3. The molecule has 3 N–H and O–H groups in total. The van der Waals surface area contributed by atoms with Crippen LogP contribution in [0.5, 0.6) is 5.88 Å². The molecule has 1 aliphatic heterocycles. The fraction of sp³-hybridized carbons (Fsp3) is 0.312. The van der Waals surface area contributed by atoms with Crippen molar-refractivity contribution in [3.8, 4) is 5.88 Å². The molecule has 0 fully saturated rings. The van der Waals surface area contributed by atoms with Gasteiger partial charge < -0.3 is 15.7 Å². The number of guanidine groups is 1. The molecule has 0 unspecified atom stereocenters. The van der Waals surface area contributed by atoms with Crippen molar-refractivity contribution in [3.05, 3.63) is 52.7 Å². The lowest BCUT2D eigenvalue weighted by molar-refractivity contribution is 0.444. The number of hydrogen-bond donors (Lipinski definition) is 3. The van der Waals surface area contributed by atoms with Gasteiger partial charge in [0, 0.05) is 25.6 Å². The highest BCUT2D eigenvalue weighted by molar-refractivity contribution is 5.81. The van der Waals surface area contributed by atoms with Crippen LogP contribution in [0, 0.1) is 6.92 Å². The summed E-state index contributed by atoms with van der Waals surface area (Å²) in [6.07, 6.45) is 0.704. The number of hydrogen-bond acceptors (Lipinski definition) is 6. The highest BCUT2D eigenvalue weighted by Gasteiger charge is 2.06. The van der Waals surface area contributed by atoms with Gasteiger partial charge in [-0.25, -0.2) is 0 Å². The minimum Gasteiger partial charge on any atom is -0.492 e. The van der Waals surface area contributed by atoms with E-state index in [-0.39, 0.29) is 5.88 Å². The first-order chi connectivity index (χ1) is 10.7. The molecular formula is C16H19N5O. The summed E-state index contributed by atoms with van der Waals surface area (Å²) in [5.41, 5.74) is 4.50. The minimum atomic E-state index is -0.0511. The summed E-state index contributed by atoms with van der Waals surface area (Å²) in [5, 5.41) is 23.3. The molecular weight excluding hydrogens is 278 g/mol. The van der Waals surface area contributed by atoms with Crippen molar-refractivity contribution < 1.29 is 5.11 Å². The first-order valence-corrected chi connectivity index (χ1v) is 7.33. The average molecular weight is 297 g/mol. The zero-order valence-electron chi connectivity index (χ0n) is 12.5. The summed E-state index contributed by atoms with van der Waals surface area (Å²) in [6, 6.07) is 9.73. The Morgan fingerprint density at radius 1 is 1.23 bits per heavy atom. The summed E-state index contributed by atoms with van der Waals surface area (Å²) in [7, 11) is 0. The molecule has 1 aromatic carbocycles. The lowest BCUT2D eigenvalue weighted by Crippen LogP contribution is -2.33. The SMILES string of the molecule is Cc1cc(Cc2ccc(O)nn2)ccc1CNC1=NCCN1. The molecule has 6 heteroatoms. The molecule has 0 amide bonds. The lowest BCUT2D eigenvalue weighted by Gasteiger charge is -2.11. The van der Waals surface area contributed by atoms with Crippen LogP contribution in [-0.4, -0.2) is 34.4 Å². The minimum absolute atomic E-state index is 0.0511. The number of aromatic nitrogens is 2. The van der Waals surface area contributed by atoms with Crippen LogP contribution in [0.3, 0.4) is 0 Å². The molecule has 3 rings (SSSR count). The summed E-state index contributed by atoms with van der Waals surface area (Å²) >= 11 is 0. The van der Waals surface area contributed by atoms with Crippen molar-refractivity contribution in [1.29, 1.82) is 0 Å². The van der Waals surface area contributed by atoms with Crippen molar-refractivity contribution in [2.45, 2.75) is 19.9 Å². The predicted molar refractivity (Wildman–Crippen MR) is 84.8 cm³/mol. The maximum absolute atomic E-state index is 9.16. The molecule has 1 aliphatic rings. The summed E-state index contributed by atoms with van der Waals surface area (Å²) < 4.78 is 0. The third-order valence-corrected chi connectivity index (χ3v) is 3.62. The number of aryl methyl sites for hydroxylation is 1. The van der Waals surface area contributed by atoms with Gasteiger partial charge in [0.25, 0.3) is 0 Å². The van der Waals surface area contributed by atoms with E-state index in [0.717, 1.165) is 31.3 Å². The van der Waals surface area contributed by atoms with Gasteiger partial charge in [-0.15, -0.1) is 5.10 Å². The number of nitrogens with zero attached hydrogens (tertiary/aromatic N) is 3. The lowest BCUT2D eigenvalue weighted by atomic mass is 10.0. The average Bonchev–Trinajstić information content (AvgIpc) is 3.02. The van der Waals surface area contributed by atoms with Crippen LogP contribution in [0.4, 0.5) is 0 Å². The second-order valence-electron chi connectivity index (χ2n) is 5.33. The highest BCUT2D eigenvalue weighted by Crippen LogP contribution is 2.14. The molecule has 1 aromatic heterocycles. The van der Waals surface area contributed by atoms with E-state index in [9.17, 15) is 0 Å². The molecule has 0 atom stereocenters. The van der Waals surface area contributed by atoms with E-state index >= 15 is 0 Å². The van der Waals surface area contributed by atoms with E-state index in [1.54, 1.807) is 12.1 Å². The van der Waals surface area contributed by atoms with Gasteiger partial charge in [-0.2, -0.15) is 5.10 Å². The Balaban J connectivity index is 1.64. The first-order valence-electron chi connectivity index (χ1n) is 7.33. The third kappa shape index (κ3) is 3.52. The summed E-state index contributed by atoms with van der Waals surface area (Å²) in [5.74, 6) is 0.827. The predicted octanol–water partition coefficient (Wildman–Crippen LogP) is 1.13. The van der Waals surface area contributed by atoms with Crippen molar-refractivity contribution in [1.82, 2.24) is 20.8 Å². The Kier molecular flexibility index (Phi) is 4.18. The van der Waals surface area contributed by atoms with Crippen LogP contribution < -0.4 is 10.6 Å². The van der Waals surface area contributed by atoms with Crippen molar-refractivity contribution in [2.24, 2.45) is 4.99 Å². The Bertz CT molecular complexity index is 681. The smallest absolute Gasteiger partial charge is 0.230 e. The molecule has 0 bridgehead atoms. The third-order valence-electron chi connectivity index (χ3n) is 3.62. The largest absolute Gasteiger partial charge is 0.492 e. The Morgan fingerprint density at radius 3 is 2.82 bits per heavy atom. The molecule has 0 aliphatic carbocycles. The maximum Gasteiger partial charge on any atom is 0.230 e. The Labute approximate surface area is 129 Å². The van der Waals surface area contributed by atoms with Gasteiger partial charge in [0.15, 0.2) is 5.96 Å². The summed E-state index contributed by atoms with van der Waals surface area (Å²) in [4.78, 5) is 4.32. The standard InChI is InChI=1S/C16H19N5O/c1-11-8-12(9-14-4-5-15(22)21-20-14)2-3-13(11)10-19-16-17-6-7-18-16/h2-5,8H,6-7,9-10H2,1H3,(H,21,22)(H2,17,18,19). The molecule has 2 aromatic rings. The van der Waals surface area contributed by atoms with E-state index in [1.165, 1.54) is 16.7 Å². The number of benzene rings is 1. The van der Waals surface area contributed by atoms with E-state index in [1.807, 2.05) is 0 Å². The van der Waals surface area contributed by atoms with Gasteiger partial charge in [0.05, 0.1) is 12.2 Å². The van der Waals surface area contributed by atoms with Crippen LogP contribution in [-0.2, 0) is 13.0 Å². The normalized spacial score (nSPS) is 13.6. The van der Waals surface area contributed by atoms with E-state index in [0.29, 0.717) is 6.42 Å². The molecule has 22 heavy (non-hydrogen) atoms. The van der Waals surface area contributed by atoms with Crippen LogP contribution >= 0.6 is 0 Å². The number of nitrogens with one attached hydrogen (secondary N) is 2. The van der Waals surface area contributed by atoms with Gasteiger partial charge in [-0.1, -0.05) is 18.2 Å². The molecule has 114 valence electrons. The van der Waals surface area contributed by atoms with E-state index < -0.39 is 0 Å². The van der Waals surface area contributed by atoms with Gasteiger partial charge in [-0.05, 0) is 29.7 Å². The van der Waals surface area contributed by atoms with E-state index in [4.69, 9.17) is 5.11 Å². The topological polar surface area (TPSA) is 82.4 Å². The zero-order chi connectivity index (χ0) is 15.4. The van der Waals surface area contributed by atoms with Crippen LogP contribution in [0.2, 0.25) is 0 Å². The fourth-order valence-corrected chi connectivity index (χ4v) is 2.42. The number of rotatable bonds is 4. The fourth-order valence-electron chi connectivity index (χ4n) is 2.42. The van der Waals surface area contributed by atoms with Crippen molar-refractivity contribution in [3.63, 3.8) is 0 Å². The van der Waals surface area contributed by atoms with Crippen LogP contribution in [0.15, 0.2) is 35.3 Å². The van der Waals surface area contributed by atoms with E-state index in [2.05, 4.69) is 50.9 Å². The molecule has 0 saturated heterocycles. The maximum atomic E-state index is 9.16. The van der Waals surface area contributed by atoms with Crippen LogP contribution in [0.25, 0.3) is 0 Å². The van der Waals surface area contributed by atoms with Crippen molar-refractivity contribution in [2.75, 3.05) is 13.1 Å². The molecule has 0 radical (unpaired) electrons. The monoisotopic (exact) mass is 297 g/mol.